The Morgan fingerprint density at radius 1 is 1.12 bits per heavy atom. The van der Waals surface area contributed by atoms with Gasteiger partial charge in [0, 0.05) is 42.5 Å². The van der Waals surface area contributed by atoms with Crippen molar-refractivity contribution in [1.82, 2.24) is 19.6 Å². The normalized spacial score (nSPS) is 19.2. The number of aromatic hydroxyl groups is 1. The number of fused-ring (bicyclic) bond motifs is 1. The van der Waals surface area contributed by atoms with Crippen molar-refractivity contribution in [3.05, 3.63) is 86.3 Å². The minimum atomic E-state index is -2.80. The molecule has 3 aromatic rings. The van der Waals surface area contributed by atoms with Crippen molar-refractivity contribution in [2.75, 3.05) is 19.6 Å². The molecule has 0 aliphatic carbocycles. The zero-order valence-electron chi connectivity index (χ0n) is 23.1. The highest BCUT2D eigenvalue weighted by atomic mass is 79.9. The first-order valence-electron chi connectivity index (χ1n) is 13.8. The molecule has 9 nitrogen and oxygen atoms in total. The molecule has 4 heterocycles. The molecule has 3 aliphatic rings. The van der Waals surface area contributed by atoms with E-state index in [0.717, 1.165) is 22.5 Å². The lowest BCUT2D eigenvalue weighted by atomic mass is 9.94. The fourth-order valence-electron chi connectivity index (χ4n) is 5.99. The number of nitrogens with zero attached hydrogens (tertiary/aromatic N) is 6. The summed E-state index contributed by atoms with van der Waals surface area (Å²) >= 11 is 3.35. The van der Waals surface area contributed by atoms with E-state index in [2.05, 4.69) is 46.3 Å². The lowest BCUT2D eigenvalue weighted by Gasteiger charge is -2.37. The number of phenols is 1. The Hall–Kier alpha value is -3.93. The van der Waals surface area contributed by atoms with E-state index < -0.39 is 18.6 Å². The monoisotopic (exact) mass is 638 g/mol. The molecule has 42 heavy (non-hydrogen) atoms. The van der Waals surface area contributed by atoms with Crippen LogP contribution in [-0.2, 0) is 17.6 Å². The Morgan fingerprint density at radius 3 is 2.57 bits per heavy atom. The van der Waals surface area contributed by atoms with Crippen LogP contribution in [-0.4, -0.2) is 68.7 Å². The number of amides is 2. The van der Waals surface area contributed by atoms with Crippen molar-refractivity contribution < 1.29 is 23.5 Å². The zero-order chi connectivity index (χ0) is 29.9. The van der Waals surface area contributed by atoms with E-state index in [0.29, 0.717) is 29.5 Å². The first kappa shape index (κ1) is 28.2. The van der Waals surface area contributed by atoms with E-state index in [1.165, 1.54) is 6.08 Å². The van der Waals surface area contributed by atoms with E-state index in [1.807, 2.05) is 12.1 Å². The molecule has 1 aromatic heterocycles. The van der Waals surface area contributed by atoms with Gasteiger partial charge in [0.05, 0.1) is 28.4 Å². The van der Waals surface area contributed by atoms with Crippen LogP contribution in [0.3, 0.4) is 0 Å². The Morgan fingerprint density at radius 2 is 1.88 bits per heavy atom. The van der Waals surface area contributed by atoms with Crippen LogP contribution < -0.4 is 10.7 Å². The third kappa shape index (κ3) is 4.61. The number of rotatable bonds is 5. The van der Waals surface area contributed by atoms with Gasteiger partial charge >= 0.3 is 0 Å². The number of carbonyl (C=O) groups is 2. The van der Waals surface area contributed by atoms with E-state index in [1.54, 1.807) is 32.7 Å². The summed E-state index contributed by atoms with van der Waals surface area (Å²) in [6.45, 7) is 8.60. The van der Waals surface area contributed by atoms with Crippen LogP contribution in [0.15, 0.2) is 57.4 Å². The van der Waals surface area contributed by atoms with Gasteiger partial charge in [0.1, 0.15) is 16.8 Å². The molecule has 6 rings (SSSR count). The molecule has 0 bridgehead atoms. The van der Waals surface area contributed by atoms with Gasteiger partial charge < -0.3 is 14.9 Å². The molecular weight excluding hydrogens is 610 g/mol. The second kappa shape index (κ2) is 10.7. The third-order valence-electron chi connectivity index (χ3n) is 8.13. The summed E-state index contributed by atoms with van der Waals surface area (Å²) in [7, 11) is 0. The number of hydrogen-bond acceptors (Lipinski definition) is 6. The largest absolute Gasteiger partial charge is 0.506 e. The van der Waals surface area contributed by atoms with Gasteiger partial charge in [-0.05, 0) is 57.8 Å². The Labute approximate surface area is 249 Å². The lowest BCUT2D eigenvalue weighted by Crippen LogP contribution is -2.47. The molecule has 0 saturated carbocycles. The van der Waals surface area contributed by atoms with Gasteiger partial charge in [-0.2, -0.15) is 5.10 Å². The summed E-state index contributed by atoms with van der Waals surface area (Å²) in [5.74, 6) is -0.296. The second-order valence-corrected chi connectivity index (χ2v) is 11.8. The van der Waals surface area contributed by atoms with Crippen LogP contribution in [0.5, 0.6) is 5.75 Å². The van der Waals surface area contributed by atoms with Crippen molar-refractivity contribution in [3.8, 4) is 11.4 Å². The highest BCUT2D eigenvalue weighted by molar-refractivity contribution is 9.10. The third-order valence-corrected chi connectivity index (χ3v) is 8.77. The predicted molar refractivity (Wildman–Crippen MR) is 154 cm³/mol. The number of carbonyl (C=O) groups excluding carboxylic acids is 2. The fourth-order valence-corrected chi connectivity index (χ4v) is 6.41. The van der Waals surface area contributed by atoms with Crippen molar-refractivity contribution in [1.29, 1.82) is 0 Å². The van der Waals surface area contributed by atoms with Crippen molar-refractivity contribution >= 4 is 27.7 Å². The van der Waals surface area contributed by atoms with Crippen LogP contribution in [0.1, 0.15) is 58.7 Å². The maximum atomic E-state index is 14.2. The van der Waals surface area contributed by atoms with Gasteiger partial charge in [-0.3, -0.25) is 9.59 Å². The maximum absolute atomic E-state index is 14.2. The van der Waals surface area contributed by atoms with Gasteiger partial charge in [0.25, 0.3) is 12.3 Å². The second-order valence-electron chi connectivity index (χ2n) is 10.9. The minimum absolute atomic E-state index is 0.109. The van der Waals surface area contributed by atoms with E-state index in [-0.39, 0.29) is 52.8 Å². The van der Waals surface area contributed by atoms with Crippen molar-refractivity contribution in [3.63, 3.8) is 0 Å². The molecule has 0 fully saturated rings. The Bertz CT molecular complexity index is 1750. The summed E-state index contributed by atoms with van der Waals surface area (Å²) in [6.07, 6.45) is -2.23. The van der Waals surface area contributed by atoms with E-state index in [4.69, 9.17) is 5.10 Å². The predicted octanol–water partition coefficient (Wildman–Crippen LogP) is 3.62. The average molecular weight is 640 g/mol. The highest BCUT2D eigenvalue weighted by Gasteiger charge is 2.41. The number of alkyl halides is 2. The first-order valence-corrected chi connectivity index (χ1v) is 14.6. The molecule has 218 valence electrons. The van der Waals surface area contributed by atoms with E-state index in [9.17, 15) is 23.5 Å². The first-order chi connectivity index (χ1) is 20.1. The number of aromatic nitrogens is 2. The Kier molecular flexibility index (Phi) is 7.20. The summed E-state index contributed by atoms with van der Waals surface area (Å²) < 4.78 is 29.3. The number of phenolic OH excluding ortho intramolecular Hbond substituents is 1. The smallest absolute Gasteiger partial charge is 0.280 e. The highest BCUT2D eigenvalue weighted by Crippen LogP contribution is 2.39. The molecule has 1 N–H and O–H groups in total. The lowest BCUT2D eigenvalue weighted by molar-refractivity contribution is -0.126. The molecule has 2 atom stereocenters. The summed E-state index contributed by atoms with van der Waals surface area (Å²) in [5, 5.41) is 16.2. The average Bonchev–Trinajstić information content (AvgIpc) is 3.52. The van der Waals surface area contributed by atoms with Gasteiger partial charge in [-0.15, -0.1) is 0 Å². The van der Waals surface area contributed by atoms with Crippen molar-refractivity contribution in [2.45, 2.75) is 51.2 Å². The molecule has 3 aliphatic heterocycles. The van der Waals surface area contributed by atoms with Crippen LogP contribution in [0.25, 0.3) is 5.69 Å². The zero-order valence-corrected chi connectivity index (χ0v) is 24.7. The molecule has 0 spiro atoms. The van der Waals surface area contributed by atoms with Gasteiger partial charge in [0.15, 0.2) is 0 Å². The molecule has 0 radical (unpaired) electrons. The van der Waals surface area contributed by atoms with Crippen molar-refractivity contribution in [2.24, 2.45) is 9.98 Å². The summed E-state index contributed by atoms with van der Waals surface area (Å²) in [5.41, 5.74) is 4.15. The fraction of sp³-hybridized carbons (Fsp3) is 0.367. The van der Waals surface area contributed by atoms with Crippen LogP contribution in [0.4, 0.5) is 8.78 Å². The van der Waals surface area contributed by atoms with Crippen LogP contribution >= 0.6 is 15.9 Å². The standard InChI is InChI=1S/C30H29BrF2N6O3/c1-4-24(41)37-11-9-19-25-21(39(36-19)20-8-5-16(15(2)3)13-23(20)40)10-12-38(22(25)14-37)30(42)17-6-7-18(31)27-26(17)34-29(35-27)28(32)33/h4-8,13,15,22,28-29,40H,1,9-12,14H2,2-3H3. The molecule has 0 saturated heterocycles. The minimum Gasteiger partial charge on any atom is -0.506 e. The topological polar surface area (TPSA) is 103 Å². The SMILES string of the molecule is C=CC(=O)N1CCc2nn(-c3ccc(C(C)C)cc3O)c3c2C(C1)N(C(=O)c1ccc(Br)c2c1=NC(C(F)F)N=2)CC3. The van der Waals surface area contributed by atoms with Gasteiger partial charge in [-0.25, -0.2) is 23.4 Å². The van der Waals surface area contributed by atoms with Gasteiger partial charge in [0.2, 0.25) is 12.1 Å². The molecule has 2 unspecified atom stereocenters. The maximum Gasteiger partial charge on any atom is 0.280 e. The molecule has 2 amide bonds. The summed E-state index contributed by atoms with van der Waals surface area (Å²) in [4.78, 5) is 38.4. The summed E-state index contributed by atoms with van der Waals surface area (Å²) in [6, 6.07) is 8.18. The van der Waals surface area contributed by atoms with Gasteiger partial charge in [-0.1, -0.05) is 26.5 Å². The molecule has 12 heteroatoms. The molecule has 2 aromatic carbocycles. The quantitative estimate of drug-likeness (QED) is 0.431. The number of benzene rings is 2. The van der Waals surface area contributed by atoms with E-state index >= 15 is 0 Å². The number of halogens is 3. The van der Waals surface area contributed by atoms with Crippen LogP contribution in [0.2, 0.25) is 0 Å². The molecular formula is C30H29BrF2N6O3. The number of hydrogen-bond donors (Lipinski definition) is 1. The van der Waals surface area contributed by atoms with Crippen LogP contribution in [0, 0.1) is 0 Å². The Balaban J connectivity index is 1.46.